The second-order valence-electron chi connectivity index (χ2n) is 6.40. The Morgan fingerprint density at radius 1 is 1.12 bits per heavy atom. The summed E-state index contributed by atoms with van der Waals surface area (Å²) in [5, 5.41) is 9.33. The summed E-state index contributed by atoms with van der Waals surface area (Å²) in [6.45, 7) is 10.1. The minimum atomic E-state index is -0.372. The Morgan fingerprint density at radius 3 is 2.36 bits per heavy atom. The van der Waals surface area contributed by atoms with Gasteiger partial charge >= 0.3 is 0 Å². The number of guanidine groups is 1. The number of para-hydroxylation sites is 1. The number of aliphatic imine (C=N–C) groups is 1. The van der Waals surface area contributed by atoms with E-state index in [9.17, 15) is 4.79 Å². The van der Waals surface area contributed by atoms with Crippen LogP contribution in [0.25, 0.3) is 0 Å². The van der Waals surface area contributed by atoms with Crippen LogP contribution >= 0.6 is 24.0 Å². The minimum absolute atomic E-state index is 0. The van der Waals surface area contributed by atoms with Crippen molar-refractivity contribution in [2.75, 3.05) is 26.7 Å². The monoisotopic (exact) mass is 462 g/mol. The second kappa shape index (κ2) is 11.9. The number of halogens is 1. The zero-order valence-electron chi connectivity index (χ0n) is 15.8. The largest absolute Gasteiger partial charge is 0.494 e. The topological polar surface area (TPSA) is 74.8 Å². The van der Waals surface area contributed by atoms with Crippen LogP contribution in [-0.2, 0) is 11.3 Å². The van der Waals surface area contributed by atoms with E-state index in [1.807, 2.05) is 52.0 Å². The molecule has 6 nitrogen and oxygen atoms in total. The molecule has 1 aromatic carbocycles. The summed E-state index contributed by atoms with van der Waals surface area (Å²) in [5.41, 5.74) is 0.700. The molecule has 0 bridgehead atoms. The maximum Gasteiger partial charge on any atom is 0.225 e. The molecule has 7 heteroatoms. The molecule has 0 heterocycles. The lowest BCUT2D eigenvalue weighted by atomic mass is 9.96. The van der Waals surface area contributed by atoms with E-state index in [4.69, 9.17) is 4.74 Å². The van der Waals surface area contributed by atoms with Gasteiger partial charge in [0, 0.05) is 37.7 Å². The van der Waals surface area contributed by atoms with Crippen LogP contribution < -0.4 is 20.7 Å². The van der Waals surface area contributed by atoms with Crippen LogP contribution in [0.4, 0.5) is 0 Å². The van der Waals surface area contributed by atoms with Crippen molar-refractivity contribution in [3.05, 3.63) is 29.8 Å². The van der Waals surface area contributed by atoms with Crippen LogP contribution in [-0.4, -0.2) is 38.6 Å². The van der Waals surface area contributed by atoms with Crippen LogP contribution in [0.15, 0.2) is 29.3 Å². The van der Waals surface area contributed by atoms with Crippen molar-refractivity contribution in [2.45, 2.75) is 34.2 Å². The fraction of sp³-hybridized carbons (Fsp3) is 0.556. The number of nitrogens with one attached hydrogen (secondary N) is 3. The molecule has 0 aliphatic heterocycles. The second-order valence-corrected chi connectivity index (χ2v) is 6.40. The smallest absolute Gasteiger partial charge is 0.225 e. The molecule has 0 saturated carbocycles. The van der Waals surface area contributed by atoms with Gasteiger partial charge in [0.15, 0.2) is 5.96 Å². The highest BCUT2D eigenvalue weighted by Gasteiger charge is 2.20. The van der Waals surface area contributed by atoms with Gasteiger partial charge in [-0.1, -0.05) is 39.0 Å². The Morgan fingerprint density at radius 2 is 1.76 bits per heavy atom. The first-order valence-corrected chi connectivity index (χ1v) is 8.32. The Balaban J connectivity index is 0.00000576. The van der Waals surface area contributed by atoms with Gasteiger partial charge in [0.05, 0.1) is 6.61 Å². The Hall–Kier alpha value is -1.51. The van der Waals surface area contributed by atoms with Crippen molar-refractivity contribution in [3.8, 4) is 5.75 Å². The van der Waals surface area contributed by atoms with E-state index in [0.717, 1.165) is 11.3 Å². The predicted octanol–water partition coefficient (Wildman–Crippen LogP) is 2.53. The number of hydrogen-bond donors (Lipinski definition) is 3. The van der Waals surface area contributed by atoms with Gasteiger partial charge in [-0.3, -0.25) is 9.79 Å². The summed E-state index contributed by atoms with van der Waals surface area (Å²) >= 11 is 0. The third kappa shape index (κ3) is 8.94. The highest BCUT2D eigenvalue weighted by Crippen LogP contribution is 2.17. The first kappa shape index (κ1) is 23.5. The predicted molar refractivity (Wildman–Crippen MR) is 114 cm³/mol. The summed E-state index contributed by atoms with van der Waals surface area (Å²) in [4.78, 5) is 16.0. The molecule has 0 radical (unpaired) electrons. The van der Waals surface area contributed by atoms with Crippen molar-refractivity contribution < 1.29 is 9.53 Å². The highest BCUT2D eigenvalue weighted by molar-refractivity contribution is 14.0. The minimum Gasteiger partial charge on any atom is -0.494 e. The third-order valence-electron chi connectivity index (χ3n) is 3.33. The molecule has 0 saturated heterocycles. The Labute approximate surface area is 168 Å². The molecule has 0 aliphatic rings. The highest BCUT2D eigenvalue weighted by atomic mass is 127. The molecule has 0 atom stereocenters. The molecule has 0 fully saturated rings. The normalized spacial score (nSPS) is 11.3. The lowest BCUT2D eigenvalue weighted by molar-refractivity contribution is -0.128. The summed E-state index contributed by atoms with van der Waals surface area (Å²) in [6.07, 6.45) is 0. The lowest BCUT2D eigenvalue weighted by Crippen LogP contribution is -2.43. The number of hydrogen-bond acceptors (Lipinski definition) is 3. The molecule has 1 aromatic rings. The third-order valence-corrected chi connectivity index (χ3v) is 3.33. The SMILES string of the molecule is CCOc1ccccc1CNC(=NC)NCCNC(=O)C(C)(C)C.I. The summed E-state index contributed by atoms with van der Waals surface area (Å²) in [5.74, 6) is 1.60. The molecular weight excluding hydrogens is 431 g/mol. The molecule has 25 heavy (non-hydrogen) atoms. The van der Waals surface area contributed by atoms with Gasteiger partial charge in [-0.25, -0.2) is 0 Å². The first-order valence-electron chi connectivity index (χ1n) is 8.32. The van der Waals surface area contributed by atoms with Crippen molar-refractivity contribution >= 4 is 35.8 Å². The van der Waals surface area contributed by atoms with E-state index in [1.165, 1.54) is 0 Å². The van der Waals surface area contributed by atoms with Crippen molar-refractivity contribution in [2.24, 2.45) is 10.4 Å². The number of benzene rings is 1. The van der Waals surface area contributed by atoms with Gasteiger partial charge in [-0.15, -0.1) is 24.0 Å². The van der Waals surface area contributed by atoms with Crippen LogP contribution in [0.5, 0.6) is 5.75 Å². The summed E-state index contributed by atoms with van der Waals surface area (Å²) in [7, 11) is 1.72. The van der Waals surface area contributed by atoms with Gasteiger partial charge in [-0.05, 0) is 13.0 Å². The molecule has 0 unspecified atom stereocenters. The van der Waals surface area contributed by atoms with Crippen molar-refractivity contribution in [1.29, 1.82) is 0 Å². The molecule has 142 valence electrons. The molecule has 1 rings (SSSR count). The van der Waals surface area contributed by atoms with Crippen LogP contribution in [0.3, 0.4) is 0 Å². The standard InChI is InChI=1S/C18H30N4O2.HI/c1-6-24-15-10-8-7-9-14(15)13-22-17(19-5)21-12-11-20-16(23)18(2,3)4;/h7-10H,6,11-13H2,1-5H3,(H,20,23)(H2,19,21,22);1H. The number of rotatable bonds is 7. The lowest BCUT2D eigenvalue weighted by Gasteiger charge is -2.18. The van der Waals surface area contributed by atoms with Crippen LogP contribution in [0.2, 0.25) is 0 Å². The number of carbonyl (C=O) groups is 1. The first-order chi connectivity index (χ1) is 11.4. The van der Waals surface area contributed by atoms with Gasteiger partial charge in [0.2, 0.25) is 5.91 Å². The average Bonchev–Trinajstić information content (AvgIpc) is 2.54. The molecule has 3 N–H and O–H groups in total. The fourth-order valence-corrected chi connectivity index (χ4v) is 1.97. The summed E-state index contributed by atoms with van der Waals surface area (Å²) in [6, 6.07) is 7.92. The van der Waals surface area contributed by atoms with Gasteiger partial charge in [-0.2, -0.15) is 0 Å². The summed E-state index contributed by atoms with van der Waals surface area (Å²) < 4.78 is 5.61. The molecular formula is C18H31IN4O2. The average molecular weight is 462 g/mol. The number of amides is 1. The fourth-order valence-electron chi connectivity index (χ4n) is 1.97. The molecule has 1 amide bonds. The number of nitrogens with zero attached hydrogens (tertiary/aromatic N) is 1. The van der Waals surface area contributed by atoms with Gasteiger partial charge < -0.3 is 20.7 Å². The Kier molecular flexibility index (Phi) is 11.2. The number of ether oxygens (including phenoxy) is 1. The van der Waals surface area contributed by atoms with Crippen LogP contribution in [0, 0.1) is 5.41 Å². The maximum atomic E-state index is 11.8. The quantitative estimate of drug-likeness (QED) is 0.252. The van der Waals surface area contributed by atoms with E-state index in [1.54, 1.807) is 7.05 Å². The number of carbonyl (C=O) groups excluding carboxylic acids is 1. The maximum absolute atomic E-state index is 11.8. The zero-order chi connectivity index (χ0) is 18.0. The van der Waals surface area contributed by atoms with E-state index >= 15 is 0 Å². The van der Waals surface area contributed by atoms with Gasteiger partial charge in [0.25, 0.3) is 0 Å². The Bertz CT molecular complexity index is 556. The van der Waals surface area contributed by atoms with Crippen molar-refractivity contribution in [3.63, 3.8) is 0 Å². The van der Waals surface area contributed by atoms with E-state index in [0.29, 0.717) is 32.2 Å². The van der Waals surface area contributed by atoms with E-state index in [2.05, 4.69) is 20.9 Å². The van der Waals surface area contributed by atoms with Gasteiger partial charge in [0.1, 0.15) is 5.75 Å². The van der Waals surface area contributed by atoms with Crippen molar-refractivity contribution in [1.82, 2.24) is 16.0 Å². The molecule has 0 aromatic heterocycles. The van der Waals surface area contributed by atoms with Crippen LogP contribution in [0.1, 0.15) is 33.3 Å². The van der Waals surface area contributed by atoms with E-state index < -0.39 is 0 Å². The van der Waals surface area contributed by atoms with E-state index in [-0.39, 0.29) is 35.3 Å². The zero-order valence-corrected chi connectivity index (χ0v) is 18.1. The molecule has 0 spiro atoms. The molecule has 0 aliphatic carbocycles.